The van der Waals surface area contributed by atoms with E-state index in [0.29, 0.717) is 5.02 Å². The summed E-state index contributed by atoms with van der Waals surface area (Å²) >= 11 is 5.90. The molecular formula is C11H16ClN3O. The molecule has 0 saturated heterocycles. The van der Waals surface area contributed by atoms with Crippen molar-refractivity contribution in [2.75, 3.05) is 37.9 Å². The van der Waals surface area contributed by atoms with Crippen LogP contribution in [0.2, 0.25) is 5.02 Å². The summed E-state index contributed by atoms with van der Waals surface area (Å²) in [5.41, 5.74) is 1.65. The number of amides is 1. The highest BCUT2D eigenvalue weighted by molar-refractivity contribution is 6.31. The zero-order valence-electron chi connectivity index (χ0n) is 9.67. The average molecular weight is 242 g/mol. The highest BCUT2D eigenvalue weighted by Crippen LogP contribution is 2.27. The van der Waals surface area contributed by atoms with E-state index in [-0.39, 0.29) is 12.5 Å². The van der Waals surface area contributed by atoms with Crippen molar-refractivity contribution in [3.05, 3.63) is 23.2 Å². The van der Waals surface area contributed by atoms with Gasteiger partial charge in [-0.15, -0.1) is 0 Å². The van der Waals surface area contributed by atoms with Crippen molar-refractivity contribution in [1.29, 1.82) is 0 Å². The molecule has 0 aromatic heterocycles. The Morgan fingerprint density at radius 3 is 2.69 bits per heavy atom. The van der Waals surface area contributed by atoms with E-state index in [0.717, 1.165) is 11.4 Å². The molecule has 2 N–H and O–H groups in total. The van der Waals surface area contributed by atoms with Crippen LogP contribution in [-0.2, 0) is 4.79 Å². The SMILES string of the molecule is CNCC(=O)Nc1cc(Cl)ccc1N(C)C. The summed E-state index contributed by atoms with van der Waals surface area (Å²) < 4.78 is 0. The van der Waals surface area contributed by atoms with Crippen LogP contribution in [0.25, 0.3) is 0 Å². The second-order valence-corrected chi connectivity index (χ2v) is 4.07. The smallest absolute Gasteiger partial charge is 0.238 e. The topological polar surface area (TPSA) is 44.4 Å². The van der Waals surface area contributed by atoms with Crippen molar-refractivity contribution in [3.8, 4) is 0 Å². The van der Waals surface area contributed by atoms with Gasteiger partial charge in [-0.3, -0.25) is 4.79 Å². The lowest BCUT2D eigenvalue weighted by atomic mass is 10.2. The fourth-order valence-corrected chi connectivity index (χ4v) is 1.53. The van der Waals surface area contributed by atoms with Crippen molar-refractivity contribution in [1.82, 2.24) is 5.32 Å². The fourth-order valence-electron chi connectivity index (χ4n) is 1.35. The number of hydrogen-bond acceptors (Lipinski definition) is 3. The van der Waals surface area contributed by atoms with Gasteiger partial charge in [-0.2, -0.15) is 0 Å². The zero-order valence-corrected chi connectivity index (χ0v) is 10.4. The molecule has 0 aliphatic carbocycles. The van der Waals surface area contributed by atoms with Crippen molar-refractivity contribution in [3.63, 3.8) is 0 Å². The van der Waals surface area contributed by atoms with Gasteiger partial charge in [-0.1, -0.05) is 11.6 Å². The molecule has 0 fully saturated rings. The van der Waals surface area contributed by atoms with Crippen LogP contribution in [0.3, 0.4) is 0 Å². The maximum atomic E-state index is 11.5. The molecule has 0 unspecified atom stereocenters. The lowest BCUT2D eigenvalue weighted by molar-refractivity contribution is -0.115. The van der Waals surface area contributed by atoms with Crippen LogP contribution in [0.1, 0.15) is 0 Å². The van der Waals surface area contributed by atoms with Crippen LogP contribution in [0, 0.1) is 0 Å². The number of hydrogen-bond donors (Lipinski definition) is 2. The Morgan fingerprint density at radius 1 is 1.44 bits per heavy atom. The Kier molecular flexibility index (Phi) is 4.58. The molecule has 4 nitrogen and oxygen atoms in total. The summed E-state index contributed by atoms with van der Waals surface area (Å²) in [6.07, 6.45) is 0. The van der Waals surface area contributed by atoms with Gasteiger partial charge in [0.2, 0.25) is 5.91 Å². The molecule has 0 heterocycles. The number of nitrogens with zero attached hydrogens (tertiary/aromatic N) is 1. The number of anilines is 2. The van der Waals surface area contributed by atoms with Crippen molar-refractivity contribution in [2.45, 2.75) is 0 Å². The molecule has 0 radical (unpaired) electrons. The van der Waals surface area contributed by atoms with Gasteiger partial charge in [-0.25, -0.2) is 0 Å². The zero-order chi connectivity index (χ0) is 12.1. The van der Waals surface area contributed by atoms with E-state index in [1.807, 2.05) is 25.1 Å². The summed E-state index contributed by atoms with van der Waals surface area (Å²) in [7, 11) is 5.55. The van der Waals surface area contributed by atoms with E-state index < -0.39 is 0 Å². The Bertz CT molecular complexity index is 379. The molecule has 16 heavy (non-hydrogen) atoms. The first-order valence-corrected chi connectivity index (χ1v) is 5.33. The van der Waals surface area contributed by atoms with E-state index in [9.17, 15) is 4.79 Å². The lowest BCUT2D eigenvalue weighted by Crippen LogP contribution is -2.26. The molecule has 1 amide bonds. The minimum Gasteiger partial charge on any atom is -0.376 e. The van der Waals surface area contributed by atoms with Crippen LogP contribution >= 0.6 is 11.6 Å². The minimum atomic E-state index is -0.0899. The maximum absolute atomic E-state index is 11.5. The summed E-state index contributed by atoms with van der Waals surface area (Å²) in [5.74, 6) is -0.0899. The van der Waals surface area contributed by atoms with Gasteiger partial charge < -0.3 is 15.5 Å². The van der Waals surface area contributed by atoms with Crippen molar-refractivity contribution in [2.24, 2.45) is 0 Å². The summed E-state index contributed by atoms with van der Waals surface area (Å²) in [6, 6.07) is 5.41. The van der Waals surface area contributed by atoms with Gasteiger partial charge in [0.05, 0.1) is 17.9 Å². The van der Waals surface area contributed by atoms with E-state index in [1.54, 1.807) is 19.2 Å². The Hall–Kier alpha value is -1.26. The van der Waals surface area contributed by atoms with Crippen molar-refractivity contribution >= 4 is 28.9 Å². The molecular weight excluding hydrogens is 226 g/mol. The quantitative estimate of drug-likeness (QED) is 0.841. The predicted octanol–water partition coefficient (Wildman–Crippen LogP) is 1.56. The predicted molar refractivity (Wildman–Crippen MR) is 68.3 cm³/mol. The molecule has 0 saturated carbocycles. The number of benzene rings is 1. The van der Waals surface area contributed by atoms with Gasteiger partial charge in [0, 0.05) is 19.1 Å². The van der Waals surface area contributed by atoms with Gasteiger partial charge >= 0.3 is 0 Å². The number of halogens is 1. The summed E-state index contributed by atoms with van der Waals surface area (Å²) in [6.45, 7) is 0.277. The van der Waals surface area contributed by atoms with E-state index in [4.69, 9.17) is 11.6 Å². The second-order valence-electron chi connectivity index (χ2n) is 3.63. The highest BCUT2D eigenvalue weighted by Gasteiger charge is 2.08. The van der Waals surface area contributed by atoms with Gasteiger partial charge in [0.1, 0.15) is 0 Å². The molecule has 0 spiro atoms. The lowest BCUT2D eigenvalue weighted by Gasteiger charge is -2.18. The maximum Gasteiger partial charge on any atom is 0.238 e. The van der Waals surface area contributed by atoms with Crippen LogP contribution in [0.4, 0.5) is 11.4 Å². The fraction of sp³-hybridized carbons (Fsp3) is 0.364. The second kappa shape index (κ2) is 5.72. The molecule has 0 atom stereocenters. The Balaban J connectivity index is 2.92. The molecule has 1 rings (SSSR count). The third kappa shape index (κ3) is 3.40. The molecule has 0 aliphatic heterocycles. The Labute approximate surface area is 101 Å². The summed E-state index contributed by atoms with van der Waals surface area (Å²) in [5, 5.41) is 6.20. The molecule has 88 valence electrons. The number of rotatable bonds is 4. The standard InChI is InChI=1S/C11H16ClN3O/c1-13-7-11(16)14-9-6-8(12)4-5-10(9)15(2)3/h4-6,13H,7H2,1-3H3,(H,14,16). The number of carbonyl (C=O) groups is 1. The van der Waals surface area contributed by atoms with Gasteiger partial charge in [0.25, 0.3) is 0 Å². The molecule has 5 heteroatoms. The van der Waals surface area contributed by atoms with E-state index in [2.05, 4.69) is 10.6 Å². The third-order valence-corrected chi connectivity index (χ3v) is 2.29. The monoisotopic (exact) mass is 241 g/mol. The largest absolute Gasteiger partial charge is 0.376 e. The van der Waals surface area contributed by atoms with E-state index >= 15 is 0 Å². The van der Waals surface area contributed by atoms with Gasteiger partial charge in [-0.05, 0) is 25.2 Å². The number of carbonyl (C=O) groups excluding carboxylic acids is 1. The number of nitrogens with one attached hydrogen (secondary N) is 2. The first-order valence-electron chi connectivity index (χ1n) is 4.96. The van der Waals surface area contributed by atoms with Crippen LogP contribution in [0.5, 0.6) is 0 Å². The first-order chi connectivity index (χ1) is 7.54. The highest BCUT2D eigenvalue weighted by atomic mass is 35.5. The van der Waals surface area contributed by atoms with Gasteiger partial charge in [0.15, 0.2) is 0 Å². The molecule has 0 bridgehead atoms. The van der Waals surface area contributed by atoms with Crippen LogP contribution < -0.4 is 15.5 Å². The average Bonchev–Trinajstić information content (AvgIpc) is 2.17. The van der Waals surface area contributed by atoms with Crippen LogP contribution in [0.15, 0.2) is 18.2 Å². The first kappa shape index (κ1) is 12.8. The third-order valence-electron chi connectivity index (χ3n) is 2.05. The van der Waals surface area contributed by atoms with Crippen LogP contribution in [-0.4, -0.2) is 33.6 Å². The number of likely N-dealkylation sites (N-methyl/N-ethyl adjacent to an activating group) is 1. The Morgan fingerprint density at radius 2 is 2.12 bits per heavy atom. The van der Waals surface area contributed by atoms with Crippen molar-refractivity contribution < 1.29 is 4.79 Å². The normalized spacial score (nSPS) is 10.0. The summed E-state index contributed by atoms with van der Waals surface area (Å²) in [4.78, 5) is 13.4. The molecule has 1 aromatic rings. The van der Waals surface area contributed by atoms with E-state index in [1.165, 1.54) is 0 Å². The molecule has 0 aliphatic rings. The molecule has 1 aromatic carbocycles. The minimum absolute atomic E-state index is 0.0899.